The molecule has 0 radical (unpaired) electrons. The lowest BCUT2D eigenvalue weighted by atomic mass is 10.1. The van der Waals surface area contributed by atoms with Crippen molar-refractivity contribution in [3.05, 3.63) is 66.4 Å². The van der Waals surface area contributed by atoms with E-state index in [9.17, 15) is 4.79 Å². The zero-order valence-corrected chi connectivity index (χ0v) is 23.2. The Hall–Kier alpha value is -4.00. The van der Waals surface area contributed by atoms with Crippen LogP contribution in [-0.4, -0.2) is 101 Å². The molecule has 2 aliphatic rings. The van der Waals surface area contributed by atoms with Crippen molar-refractivity contribution in [1.29, 1.82) is 0 Å². The summed E-state index contributed by atoms with van der Waals surface area (Å²) in [5, 5.41) is 0. The van der Waals surface area contributed by atoms with Gasteiger partial charge in [-0.3, -0.25) is 4.57 Å². The van der Waals surface area contributed by atoms with E-state index in [1.807, 2.05) is 31.2 Å². The van der Waals surface area contributed by atoms with Crippen molar-refractivity contribution in [2.24, 2.45) is 0 Å². The van der Waals surface area contributed by atoms with Crippen LogP contribution in [0.25, 0.3) is 22.4 Å². The number of piperazine rings is 1. The van der Waals surface area contributed by atoms with Gasteiger partial charge in [0.15, 0.2) is 18.0 Å². The molecule has 5 heterocycles. The molecule has 12 heteroatoms. The Morgan fingerprint density at radius 1 is 1.05 bits per heavy atom. The molecule has 6 rings (SSSR count). The van der Waals surface area contributed by atoms with Crippen LogP contribution in [-0.2, 0) is 14.2 Å². The number of benzene rings is 1. The third-order valence-electron chi connectivity index (χ3n) is 7.68. The summed E-state index contributed by atoms with van der Waals surface area (Å²) in [6, 6.07) is 10.9. The molecule has 0 amide bonds. The molecule has 214 valence electrons. The summed E-state index contributed by atoms with van der Waals surface area (Å²) < 4.78 is 34.0. The maximum Gasteiger partial charge on any atom is 0.338 e. The molecular weight excluding hydrogens is 529 g/mol. The molecule has 4 atom stereocenters. The van der Waals surface area contributed by atoms with E-state index in [0.717, 1.165) is 43.1 Å². The van der Waals surface area contributed by atoms with Crippen LogP contribution in [0, 0.1) is 6.92 Å². The molecule has 2 aliphatic heterocycles. The topological polar surface area (TPSA) is 108 Å². The second-order valence-corrected chi connectivity index (χ2v) is 10.4. The van der Waals surface area contributed by atoms with Crippen molar-refractivity contribution in [3.63, 3.8) is 0 Å². The lowest BCUT2D eigenvalue weighted by Gasteiger charge is -2.33. The van der Waals surface area contributed by atoms with Gasteiger partial charge in [-0.05, 0) is 38.2 Å². The van der Waals surface area contributed by atoms with Crippen LogP contribution < -0.4 is 4.90 Å². The van der Waals surface area contributed by atoms with Gasteiger partial charge in [0.2, 0.25) is 0 Å². The molecular formula is C29H32FN7O4. The van der Waals surface area contributed by atoms with Crippen LogP contribution in [0.2, 0.25) is 0 Å². The van der Waals surface area contributed by atoms with Crippen LogP contribution in [0.3, 0.4) is 0 Å². The maximum absolute atomic E-state index is 15.4. The zero-order chi connectivity index (χ0) is 28.5. The number of hydrogen-bond donors (Lipinski definition) is 0. The SMILES string of the molecule is CO[C@@H]1[C@H](F)[C@@H](COC(=O)c2ccc(C)cc2)O[C@H]1n1cnc2c(-c3ccc(N4CCN(C)CC4)nc3)ncnc21. The normalized spacial score (nSPS) is 23.3. The fraction of sp³-hybridized carbons (Fsp3) is 0.414. The Bertz CT molecular complexity index is 1510. The summed E-state index contributed by atoms with van der Waals surface area (Å²) in [5.74, 6) is 0.374. The first-order valence-electron chi connectivity index (χ1n) is 13.6. The van der Waals surface area contributed by atoms with Crippen molar-refractivity contribution in [2.45, 2.75) is 31.5 Å². The molecule has 4 aromatic rings. The lowest BCUT2D eigenvalue weighted by molar-refractivity contribution is -0.0616. The molecule has 0 unspecified atom stereocenters. The number of aromatic nitrogens is 5. The van der Waals surface area contributed by atoms with E-state index in [1.54, 1.807) is 29.2 Å². The second-order valence-electron chi connectivity index (χ2n) is 10.4. The lowest BCUT2D eigenvalue weighted by Crippen LogP contribution is -2.44. The fourth-order valence-electron chi connectivity index (χ4n) is 5.23. The van der Waals surface area contributed by atoms with E-state index in [2.05, 4.69) is 36.8 Å². The number of carbonyl (C=O) groups excluding carboxylic acids is 1. The number of halogens is 1. The Morgan fingerprint density at radius 3 is 2.54 bits per heavy atom. The number of fused-ring (bicyclic) bond motifs is 1. The van der Waals surface area contributed by atoms with Crippen LogP contribution in [0.1, 0.15) is 22.1 Å². The largest absolute Gasteiger partial charge is 0.459 e. The number of rotatable bonds is 7. The van der Waals surface area contributed by atoms with E-state index in [4.69, 9.17) is 14.2 Å². The molecule has 41 heavy (non-hydrogen) atoms. The summed E-state index contributed by atoms with van der Waals surface area (Å²) in [7, 11) is 3.54. The highest BCUT2D eigenvalue weighted by Crippen LogP contribution is 2.36. The molecule has 0 spiro atoms. The van der Waals surface area contributed by atoms with E-state index >= 15 is 4.39 Å². The summed E-state index contributed by atoms with van der Waals surface area (Å²) in [4.78, 5) is 35.2. The zero-order valence-electron chi connectivity index (χ0n) is 23.2. The van der Waals surface area contributed by atoms with Gasteiger partial charge in [-0.25, -0.2) is 29.1 Å². The molecule has 2 fully saturated rings. The van der Waals surface area contributed by atoms with Crippen LogP contribution >= 0.6 is 0 Å². The molecule has 1 aromatic carbocycles. The minimum absolute atomic E-state index is 0.261. The van der Waals surface area contributed by atoms with Gasteiger partial charge in [0.25, 0.3) is 0 Å². The fourth-order valence-corrected chi connectivity index (χ4v) is 5.23. The Morgan fingerprint density at radius 2 is 1.83 bits per heavy atom. The van der Waals surface area contributed by atoms with Crippen molar-refractivity contribution >= 4 is 23.0 Å². The number of imidazole rings is 1. The standard InChI is InChI=1S/C29H32FN7O4/c1-18-4-6-19(7-5-18)29(38)40-15-21-23(30)26(39-3)28(41-21)37-17-34-25-24(32-16-33-27(25)37)20-8-9-22(31-14-20)36-12-10-35(2)11-13-36/h4-9,14,16-17,21,23,26,28H,10-13,15H2,1-3H3/t21-,23-,26-,28-/m1/s1. The average molecular weight is 562 g/mol. The number of carbonyl (C=O) groups is 1. The molecule has 0 saturated carbocycles. The van der Waals surface area contributed by atoms with Gasteiger partial charge in [0.1, 0.15) is 42.2 Å². The minimum atomic E-state index is -1.54. The first-order chi connectivity index (χ1) is 19.9. The monoisotopic (exact) mass is 561 g/mol. The number of pyridine rings is 1. The van der Waals surface area contributed by atoms with Gasteiger partial charge < -0.3 is 24.0 Å². The van der Waals surface area contributed by atoms with Crippen LogP contribution in [0.5, 0.6) is 0 Å². The van der Waals surface area contributed by atoms with Gasteiger partial charge in [0.05, 0.1) is 11.9 Å². The van der Waals surface area contributed by atoms with Gasteiger partial charge >= 0.3 is 5.97 Å². The van der Waals surface area contributed by atoms with Crippen LogP contribution in [0.4, 0.5) is 10.2 Å². The number of likely N-dealkylation sites (N-methyl/N-ethyl adjacent to an activating group) is 1. The Balaban J connectivity index is 1.20. The highest BCUT2D eigenvalue weighted by atomic mass is 19.1. The average Bonchev–Trinajstić information content (AvgIpc) is 3.57. The van der Waals surface area contributed by atoms with E-state index in [-0.39, 0.29) is 6.61 Å². The number of hydrogen-bond acceptors (Lipinski definition) is 10. The van der Waals surface area contributed by atoms with Crippen molar-refractivity contribution < 1.29 is 23.4 Å². The minimum Gasteiger partial charge on any atom is -0.459 e. The Labute approximate surface area is 236 Å². The smallest absolute Gasteiger partial charge is 0.338 e. The van der Waals surface area contributed by atoms with Crippen molar-refractivity contribution in [1.82, 2.24) is 29.4 Å². The van der Waals surface area contributed by atoms with Gasteiger partial charge in [0, 0.05) is 45.0 Å². The third-order valence-corrected chi connectivity index (χ3v) is 7.68. The molecule has 0 N–H and O–H groups in total. The van der Waals surface area contributed by atoms with Crippen molar-refractivity contribution in [2.75, 3.05) is 51.8 Å². The maximum atomic E-state index is 15.4. The number of methoxy groups -OCH3 is 1. The molecule has 2 saturated heterocycles. The molecule has 0 aliphatic carbocycles. The van der Waals surface area contributed by atoms with Crippen molar-refractivity contribution in [3.8, 4) is 11.3 Å². The summed E-state index contributed by atoms with van der Waals surface area (Å²) in [5.41, 5.74) is 3.81. The highest BCUT2D eigenvalue weighted by molar-refractivity contribution is 5.89. The number of alkyl halides is 1. The van der Waals surface area contributed by atoms with E-state index in [1.165, 1.54) is 13.4 Å². The number of ether oxygens (including phenoxy) is 3. The first kappa shape index (κ1) is 27.2. The van der Waals surface area contributed by atoms with Crippen LogP contribution in [0.15, 0.2) is 55.2 Å². The summed E-state index contributed by atoms with van der Waals surface area (Å²) in [6.07, 6.45) is 0.370. The van der Waals surface area contributed by atoms with Gasteiger partial charge in [-0.2, -0.15) is 0 Å². The van der Waals surface area contributed by atoms with E-state index < -0.39 is 30.6 Å². The second kappa shape index (κ2) is 11.5. The predicted octanol–water partition coefficient (Wildman–Crippen LogP) is 3.06. The highest BCUT2D eigenvalue weighted by Gasteiger charge is 2.47. The molecule has 0 bridgehead atoms. The third kappa shape index (κ3) is 5.37. The molecule has 3 aromatic heterocycles. The van der Waals surface area contributed by atoms with E-state index in [0.29, 0.717) is 22.4 Å². The molecule has 11 nitrogen and oxygen atoms in total. The van der Waals surface area contributed by atoms with Gasteiger partial charge in [-0.15, -0.1) is 0 Å². The first-order valence-corrected chi connectivity index (χ1v) is 13.6. The number of aryl methyl sites for hydroxylation is 1. The number of nitrogens with zero attached hydrogens (tertiary/aromatic N) is 7. The number of esters is 1. The Kier molecular flexibility index (Phi) is 7.61. The summed E-state index contributed by atoms with van der Waals surface area (Å²) >= 11 is 0. The predicted molar refractivity (Wildman–Crippen MR) is 149 cm³/mol. The van der Waals surface area contributed by atoms with Gasteiger partial charge in [-0.1, -0.05) is 17.7 Å². The quantitative estimate of drug-likeness (QED) is 0.313. The summed E-state index contributed by atoms with van der Waals surface area (Å²) in [6.45, 7) is 5.51. The number of anilines is 1.